The highest BCUT2D eigenvalue weighted by atomic mass is 16.3. The molecule has 2 aliphatic heterocycles. The summed E-state index contributed by atoms with van der Waals surface area (Å²) in [5.41, 5.74) is -0.481. The monoisotopic (exact) mass is 354 g/mol. The van der Waals surface area contributed by atoms with E-state index in [0.717, 1.165) is 45.6 Å². The van der Waals surface area contributed by atoms with Crippen LogP contribution in [-0.2, 0) is 0 Å². The van der Waals surface area contributed by atoms with Crippen LogP contribution in [0.1, 0.15) is 54.4 Å². The van der Waals surface area contributed by atoms with E-state index in [1.807, 2.05) is 18.7 Å². The number of piperidine rings is 1. The fourth-order valence-corrected chi connectivity index (χ4v) is 3.98. The maximum absolute atomic E-state index is 12.7. The van der Waals surface area contributed by atoms with Crippen LogP contribution >= 0.6 is 0 Å². The third-order valence-corrected chi connectivity index (χ3v) is 5.35. The normalized spacial score (nSPS) is 25.2. The molecule has 146 valence electrons. The lowest BCUT2D eigenvalue weighted by Gasteiger charge is -2.43. The Kier molecular flexibility index (Phi) is 6.39. The summed E-state index contributed by atoms with van der Waals surface area (Å²) >= 11 is 0. The summed E-state index contributed by atoms with van der Waals surface area (Å²) in [6, 6.07) is 0.531. The third-order valence-electron chi connectivity index (χ3n) is 5.35. The van der Waals surface area contributed by atoms with Gasteiger partial charge in [-0.3, -0.25) is 9.80 Å². The smallest absolute Gasteiger partial charge is 0.317 e. The highest BCUT2D eigenvalue weighted by Crippen LogP contribution is 2.20. The highest BCUT2D eigenvalue weighted by molar-refractivity contribution is 5.75. The van der Waals surface area contributed by atoms with E-state index in [0.29, 0.717) is 6.54 Å². The summed E-state index contributed by atoms with van der Waals surface area (Å²) in [7, 11) is 0. The topological polar surface area (TPSA) is 59.1 Å². The van der Waals surface area contributed by atoms with Crippen molar-refractivity contribution in [2.24, 2.45) is 0 Å². The molecule has 0 aromatic heterocycles. The van der Waals surface area contributed by atoms with E-state index in [4.69, 9.17) is 0 Å². The van der Waals surface area contributed by atoms with Crippen LogP contribution in [0.5, 0.6) is 0 Å². The maximum atomic E-state index is 12.7. The van der Waals surface area contributed by atoms with Gasteiger partial charge in [0.05, 0.1) is 5.60 Å². The lowest BCUT2D eigenvalue weighted by molar-refractivity contribution is 0.0114. The summed E-state index contributed by atoms with van der Waals surface area (Å²) in [4.78, 5) is 19.4. The minimum Gasteiger partial charge on any atom is -0.389 e. The van der Waals surface area contributed by atoms with Crippen molar-refractivity contribution in [1.82, 2.24) is 20.0 Å². The Morgan fingerprint density at radius 3 is 2.16 bits per heavy atom. The zero-order valence-corrected chi connectivity index (χ0v) is 17.0. The average Bonchev–Trinajstić information content (AvgIpc) is 2.45. The number of carbonyl (C=O) groups excluding carboxylic acids is 1. The van der Waals surface area contributed by atoms with Gasteiger partial charge in [-0.05, 0) is 54.4 Å². The standard InChI is InChI=1S/C19H38N4O2/c1-15-13-21(14-19(5,6)25)11-12-23(15)17(24)20-16-7-9-22(10-8-16)18(2,3)4/h15-16,25H,7-14H2,1-6H3,(H,20,24). The molecule has 6 heteroatoms. The molecule has 0 bridgehead atoms. The summed E-state index contributed by atoms with van der Waals surface area (Å²) in [6.07, 6.45) is 2.05. The van der Waals surface area contributed by atoms with Crippen molar-refractivity contribution in [2.45, 2.75) is 77.6 Å². The Bertz CT molecular complexity index is 447. The molecule has 2 heterocycles. The molecule has 0 aromatic carbocycles. The summed E-state index contributed by atoms with van der Waals surface area (Å²) in [6.45, 7) is 17.6. The SMILES string of the molecule is CC1CN(CC(C)(C)O)CCN1C(=O)NC1CCN(C(C)(C)C)CC1. The molecule has 2 fully saturated rings. The first-order valence-electron chi connectivity index (χ1n) is 9.72. The molecule has 0 spiro atoms. The van der Waals surface area contributed by atoms with E-state index in [2.05, 4.69) is 42.8 Å². The molecule has 1 unspecified atom stereocenters. The molecule has 2 aliphatic rings. The van der Waals surface area contributed by atoms with Gasteiger partial charge in [-0.2, -0.15) is 0 Å². The molecular weight excluding hydrogens is 316 g/mol. The number of hydrogen-bond donors (Lipinski definition) is 2. The number of carbonyl (C=O) groups is 1. The van der Waals surface area contributed by atoms with Gasteiger partial charge in [0.2, 0.25) is 0 Å². The lowest BCUT2D eigenvalue weighted by atomic mass is 9.98. The van der Waals surface area contributed by atoms with Crippen molar-refractivity contribution in [3.8, 4) is 0 Å². The van der Waals surface area contributed by atoms with Crippen LogP contribution in [0, 0.1) is 0 Å². The second-order valence-corrected chi connectivity index (χ2v) is 9.47. The van der Waals surface area contributed by atoms with Crippen LogP contribution in [0.2, 0.25) is 0 Å². The number of likely N-dealkylation sites (tertiary alicyclic amines) is 1. The molecule has 25 heavy (non-hydrogen) atoms. The molecule has 2 rings (SSSR count). The highest BCUT2D eigenvalue weighted by Gasteiger charge is 2.32. The Balaban J connectivity index is 1.79. The number of urea groups is 1. The molecule has 0 aliphatic carbocycles. The molecular formula is C19H38N4O2. The van der Waals surface area contributed by atoms with Crippen LogP contribution < -0.4 is 5.32 Å². The molecule has 0 radical (unpaired) electrons. The molecule has 2 amide bonds. The quantitative estimate of drug-likeness (QED) is 0.810. The van der Waals surface area contributed by atoms with Gasteiger partial charge in [-0.15, -0.1) is 0 Å². The number of nitrogens with zero attached hydrogens (tertiary/aromatic N) is 3. The fraction of sp³-hybridized carbons (Fsp3) is 0.947. The predicted molar refractivity (Wildman–Crippen MR) is 102 cm³/mol. The van der Waals surface area contributed by atoms with Crippen molar-refractivity contribution < 1.29 is 9.90 Å². The van der Waals surface area contributed by atoms with Gasteiger partial charge < -0.3 is 15.3 Å². The molecule has 0 aromatic rings. The Labute approximate surface area is 153 Å². The predicted octanol–water partition coefficient (Wildman–Crippen LogP) is 1.74. The number of piperazine rings is 1. The van der Waals surface area contributed by atoms with Crippen molar-refractivity contribution in [3.63, 3.8) is 0 Å². The summed E-state index contributed by atoms with van der Waals surface area (Å²) in [5.74, 6) is 0. The fourth-order valence-electron chi connectivity index (χ4n) is 3.98. The van der Waals surface area contributed by atoms with E-state index >= 15 is 0 Å². The van der Waals surface area contributed by atoms with Crippen molar-refractivity contribution in [2.75, 3.05) is 39.3 Å². The lowest BCUT2D eigenvalue weighted by Crippen LogP contribution is -2.60. The van der Waals surface area contributed by atoms with Gasteiger partial charge in [-0.1, -0.05) is 0 Å². The van der Waals surface area contributed by atoms with E-state index in [1.165, 1.54) is 0 Å². The van der Waals surface area contributed by atoms with Crippen molar-refractivity contribution >= 4 is 6.03 Å². The first kappa shape index (κ1) is 20.5. The summed E-state index contributed by atoms with van der Waals surface area (Å²) < 4.78 is 0. The first-order valence-corrected chi connectivity index (χ1v) is 9.72. The number of amides is 2. The van der Waals surface area contributed by atoms with Gasteiger partial charge in [-0.25, -0.2) is 4.79 Å². The number of aliphatic hydroxyl groups is 1. The number of hydrogen-bond acceptors (Lipinski definition) is 4. The van der Waals surface area contributed by atoms with E-state index in [9.17, 15) is 9.90 Å². The van der Waals surface area contributed by atoms with E-state index in [-0.39, 0.29) is 23.7 Å². The number of β-amino-alcohol motifs (C(OH)–C–C–N with tert-alkyl or cyclic N) is 1. The van der Waals surface area contributed by atoms with Crippen LogP contribution in [0.4, 0.5) is 4.79 Å². The van der Waals surface area contributed by atoms with Gasteiger partial charge in [0.15, 0.2) is 0 Å². The van der Waals surface area contributed by atoms with E-state index in [1.54, 1.807) is 0 Å². The molecule has 6 nitrogen and oxygen atoms in total. The largest absolute Gasteiger partial charge is 0.389 e. The van der Waals surface area contributed by atoms with Crippen LogP contribution in [0.3, 0.4) is 0 Å². The van der Waals surface area contributed by atoms with Crippen LogP contribution in [0.25, 0.3) is 0 Å². The Hall–Kier alpha value is -0.850. The van der Waals surface area contributed by atoms with Crippen LogP contribution in [0.15, 0.2) is 0 Å². The first-order chi connectivity index (χ1) is 11.5. The Morgan fingerprint density at radius 2 is 1.68 bits per heavy atom. The van der Waals surface area contributed by atoms with Crippen molar-refractivity contribution in [3.05, 3.63) is 0 Å². The van der Waals surface area contributed by atoms with Gasteiger partial charge in [0, 0.05) is 56.9 Å². The maximum Gasteiger partial charge on any atom is 0.317 e. The second-order valence-electron chi connectivity index (χ2n) is 9.47. The zero-order valence-electron chi connectivity index (χ0n) is 17.0. The minimum atomic E-state index is -0.689. The third kappa shape index (κ3) is 6.12. The molecule has 0 saturated carbocycles. The zero-order chi connectivity index (χ0) is 18.8. The number of nitrogens with one attached hydrogen (secondary N) is 1. The molecule has 2 saturated heterocycles. The van der Waals surface area contributed by atoms with Gasteiger partial charge in [0.1, 0.15) is 0 Å². The molecule has 2 N–H and O–H groups in total. The van der Waals surface area contributed by atoms with E-state index < -0.39 is 5.60 Å². The van der Waals surface area contributed by atoms with Crippen molar-refractivity contribution in [1.29, 1.82) is 0 Å². The average molecular weight is 355 g/mol. The van der Waals surface area contributed by atoms with Crippen LogP contribution in [-0.4, -0.2) is 88.3 Å². The second kappa shape index (κ2) is 7.80. The minimum absolute atomic E-state index is 0.0737. The van der Waals surface area contributed by atoms with Gasteiger partial charge >= 0.3 is 6.03 Å². The summed E-state index contributed by atoms with van der Waals surface area (Å²) in [5, 5.41) is 13.2. The van der Waals surface area contributed by atoms with Gasteiger partial charge in [0.25, 0.3) is 0 Å². The number of rotatable bonds is 3. The molecule has 1 atom stereocenters. The Morgan fingerprint density at radius 1 is 1.08 bits per heavy atom.